The van der Waals surface area contributed by atoms with Crippen LogP contribution in [0.25, 0.3) is 11.0 Å². The molecule has 2 aliphatic rings. The average Bonchev–Trinajstić information content (AvgIpc) is 3.17. The number of aromatic nitrogens is 2. The Balaban J connectivity index is 0.00000182. The van der Waals surface area contributed by atoms with Crippen LogP contribution in [-0.2, 0) is 4.79 Å². The molecular weight excluding hydrogens is 340 g/mol. The number of amides is 1. The van der Waals surface area contributed by atoms with Gasteiger partial charge < -0.3 is 15.6 Å². The van der Waals surface area contributed by atoms with Crippen molar-refractivity contribution in [1.82, 2.24) is 14.5 Å². The Kier molecular flexibility index (Phi) is 5.20. The number of H-pyrrole nitrogens is 1. The summed E-state index contributed by atoms with van der Waals surface area (Å²) in [7, 11) is 0. The van der Waals surface area contributed by atoms with Crippen LogP contribution in [0.15, 0.2) is 29.1 Å². The van der Waals surface area contributed by atoms with Gasteiger partial charge in [0.25, 0.3) is 0 Å². The van der Waals surface area contributed by atoms with E-state index in [1.807, 2.05) is 33.7 Å². The molecule has 0 spiro atoms. The maximum atomic E-state index is 12.6. The van der Waals surface area contributed by atoms with Crippen LogP contribution in [0, 0.1) is 5.92 Å². The summed E-state index contributed by atoms with van der Waals surface area (Å²) in [5.41, 5.74) is 7.71. The van der Waals surface area contributed by atoms with Gasteiger partial charge in [-0.3, -0.25) is 9.36 Å². The van der Waals surface area contributed by atoms with Crippen molar-refractivity contribution in [3.63, 3.8) is 0 Å². The van der Waals surface area contributed by atoms with E-state index in [0.717, 1.165) is 56.2 Å². The lowest BCUT2D eigenvalue weighted by molar-refractivity contribution is -0.136. The lowest BCUT2D eigenvalue weighted by Gasteiger charge is -2.34. The number of hydrogen-bond acceptors (Lipinski definition) is 3. The standard InChI is InChI=1S/C18H24N4O2.ClH/c19-13-6-5-12(11-13)17(23)21-9-7-14(8-10-21)22-16-4-2-1-3-15(16)20-18(22)24;/h1-4,12-14H,5-11,19H2,(H,20,24);1H. The Morgan fingerprint density at radius 1 is 1.12 bits per heavy atom. The van der Waals surface area contributed by atoms with Crippen LogP contribution in [-0.4, -0.2) is 39.5 Å². The van der Waals surface area contributed by atoms with Crippen molar-refractivity contribution in [2.45, 2.75) is 44.2 Å². The summed E-state index contributed by atoms with van der Waals surface area (Å²) >= 11 is 0. The minimum atomic E-state index is -0.0530. The zero-order valence-corrected chi connectivity index (χ0v) is 15.0. The summed E-state index contributed by atoms with van der Waals surface area (Å²) in [4.78, 5) is 29.8. The number of carbonyl (C=O) groups is 1. The highest BCUT2D eigenvalue weighted by Crippen LogP contribution is 2.29. The molecule has 1 aliphatic heterocycles. The van der Waals surface area contributed by atoms with Crippen molar-refractivity contribution in [3.8, 4) is 0 Å². The Labute approximate surface area is 152 Å². The molecule has 1 aromatic carbocycles. The van der Waals surface area contributed by atoms with E-state index in [2.05, 4.69) is 4.98 Å². The highest BCUT2D eigenvalue weighted by atomic mass is 35.5. The van der Waals surface area contributed by atoms with Crippen LogP contribution in [0.4, 0.5) is 0 Å². The molecule has 1 saturated carbocycles. The van der Waals surface area contributed by atoms with Crippen LogP contribution < -0.4 is 11.4 Å². The molecule has 2 fully saturated rings. The monoisotopic (exact) mass is 364 g/mol. The number of benzene rings is 1. The third-order valence-electron chi connectivity index (χ3n) is 5.59. The van der Waals surface area contributed by atoms with Crippen molar-refractivity contribution >= 4 is 29.3 Å². The second kappa shape index (κ2) is 7.22. The first kappa shape index (κ1) is 18.0. The van der Waals surface area contributed by atoms with Gasteiger partial charge in [-0.05, 0) is 44.2 Å². The van der Waals surface area contributed by atoms with Crippen LogP contribution in [0.1, 0.15) is 38.1 Å². The number of piperidine rings is 1. The second-order valence-electron chi connectivity index (χ2n) is 7.14. The molecule has 1 aromatic heterocycles. The van der Waals surface area contributed by atoms with Crippen molar-refractivity contribution in [2.75, 3.05) is 13.1 Å². The molecule has 0 radical (unpaired) electrons. The third kappa shape index (κ3) is 3.33. The van der Waals surface area contributed by atoms with Crippen LogP contribution >= 0.6 is 12.4 Å². The van der Waals surface area contributed by atoms with E-state index in [4.69, 9.17) is 5.73 Å². The van der Waals surface area contributed by atoms with E-state index in [-0.39, 0.29) is 42.0 Å². The highest BCUT2D eigenvalue weighted by molar-refractivity contribution is 5.85. The lowest BCUT2D eigenvalue weighted by Crippen LogP contribution is -2.43. The largest absolute Gasteiger partial charge is 0.342 e. The molecular formula is C18H25ClN4O2. The smallest absolute Gasteiger partial charge is 0.326 e. The van der Waals surface area contributed by atoms with Gasteiger partial charge in [-0.15, -0.1) is 12.4 Å². The van der Waals surface area contributed by atoms with Gasteiger partial charge >= 0.3 is 5.69 Å². The molecule has 6 nitrogen and oxygen atoms in total. The fourth-order valence-corrected chi connectivity index (χ4v) is 4.28. The number of aromatic amines is 1. The van der Waals surface area contributed by atoms with Crippen LogP contribution in [0.5, 0.6) is 0 Å². The number of carbonyl (C=O) groups excluding carboxylic acids is 1. The maximum absolute atomic E-state index is 12.6. The van der Waals surface area contributed by atoms with Crippen molar-refractivity contribution in [1.29, 1.82) is 0 Å². The van der Waals surface area contributed by atoms with E-state index < -0.39 is 0 Å². The second-order valence-corrected chi connectivity index (χ2v) is 7.14. The van der Waals surface area contributed by atoms with Gasteiger partial charge in [-0.25, -0.2) is 4.79 Å². The van der Waals surface area contributed by atoms with E-state index in [9.17, 15) is 9.59 Å². The summed E-state index contributed by atoms with van der Waals surface area (Å²) in [6.07, 6.45) is 4.35. The highest BCUT2D eigenvalue weighted by Gasteiger charge is 2.33. The first-order chi connectivity index (χ1) is 11.6. The molecule has 1 aliphatic carbocycles. The zero-order valence-electron chi connectivity index (χ0n) is 14.2. The SMILES string of the molecule is Cl.NC1CCC(C(=O)N2CCC(n3c(=O)[nH]c4ccccc43)CC2)C1. The molecule has 25 heavy (non-hydrogen) atoms. The summed E-state index contributed by atoms with van der Waals surface area (Å²) in [6, 6.07) is 8.12. The number of nitrogens with two attached hydrogens (primary N) is 1. The van der Waals surface area contributed by atoms with E-state index in [1.165, 1.54) is 0 Å². The van der Waals surface area contributed by atoms with Gasteiger partial charge in [-0.2, -0.15) is 0 Å². The maximum Gasteiger partial charge on any atom is 0.326 e. The van der Waals surface area contributed by atoms with Gasteiger partial charge in [0.1, 0.15) is 0 Å². The predicted molar refractivity (Wildman–Crippen MR) is 100.0 cm³/mol. The molecule has 2 unspecified atom stereocenters. The predicted octanol–water partition coefficient (Wildman–Crippen LogP) is 2.04. The minimum Gasteiger partial charge on any atom is -0.342 e. The molecule has 136 valence electrons. The van der Waals surface area contributed by atoms with E-state index in [0.29, 0.717) is 0 Å². The first-order valence-corrected chi connectivity index (χ1v) is 8.87. The molecule has 2 atom stereocenters. The lowest BCUT2D eigenvalue weighted by atomic mass is 10.0. The minimum absolute atomic E-state index is 0. The van der Waals surface area contributed by atoms with Gasteiger partial charge in [0.2, 0.25) is 5.91 Å². The molecule has 1 saturated heterocycles. The summed E-state index contributed by atoms with van der Waals surface area (Å²) in [6.45, 7) is 1.45. The Morgan fingerprint density at radius 3 is 2.52 bits per heavy atom. The van der Waals surface area contributed by atoms with Crippen LogP contribution in [0.2, 0.25) is 0 Å². The molecule has 0 bridgehead atoms. The Bertz CT molecular complexity index is 807. The molecule has 3 N–H and O–H groups in total. The van der Waals surface area contributed by atoms with Gasteiger partial charge in [-0.1, -0.05) is 12.1 Å². The number of rotatable bonds is 2. The number of imidazole rings is 1. The topological polar surface area (TPSA) is 84.1 Å². The summed E-state index contributed by atoms with van der Waals surface area (Å²) < 4.78 is 1.86. The zero-order chi connectivity index (χ0) is 16.7. The average molecular weight is 365 g/mol. The molecule has 2 heterocycles. The quantitative estimate of drug-likeness (QED) is 0.855. The van der Waals surface area contributed by atoms with Crippen molar-refractivity contribution in [3.05, 3.63) is 34.7 Å². The van der Waals surface area contributed by atoms with Gasteiger partial charge in [0, 0.05) is 31.1 Å². The number of fused-ring (bicyclic) bond motifs is 1. The Hall–Kier alpha value is -1.79. The third-order valence-corrected chi connectivity index (χ3v) is 5.59. The van der Waals surface area contributed by atoms with Gasteiger partial charge in [0.05, 0.1) is 11.0 Å². The Morgan fingerprint density at radius 2 is 1.84 bits per heavy atom. The number of nitrogens with one attached hydrogen (secondary N) is 1. The molecule has 7 heteroatoms. The summed E-state index contributed by atoms with van der Waals surface area (Å²) in [5.74, 6) is 0.361. The summed E-state index contributed by atoms with van der Waals surface area (Å²) in [5, 5.41) is 0. The van der Waals surface area contributed by atoms with Gasteiger partial charge in [0.15, 0.2) is 0 Å². The number of halogens is 1. The molecule has 4 rings (SSSR count). The van der Waals surface area contributed by atoms with E-state index >= 15 is 0 Å². The molecule has 2 aromatic rings. The number of nitrogens with zero attached hydrogens (tertiary/aromatic N) is 2. The van der Waals surface area contributed by atoms with Crippen molar-refractivity contribution < 1.29 is 4.79 Å². The molecule has 1 amide bonds. The fraction of sp³-hybridized carbons (Fsp3) is 0.556. The number of para-hydroxylation sites is 2. The van der Waals surface area contributed by atoms with E-state index in [1.54, 1.807) is 0 Å². The number of likely N-dealkylation sites (tertiary alicyclic amines) is 1. The first-order valence-electron chi connectivity index (χ1n) is 8.87. The fourth-order valence-electron chi connectivity index (χ4n) is 4.28. The normalized spacial score (nSPS) is 24.4. The van der Waals surface area contributed by atoms with Crippen molar-refractivity contribution in [2.24, 2.45) is 11.7 Å². The number of hydrogen-bond donors (Lipinski definition) is 2. The van der Waals surface area contributed by atoms with Crippen LogP contribution in [0.3, 0.4) is 0 Å².